The molecular formula is C16H17NO8. The number of hydrogen-bond acceptors (Lipinski definition) is 9. The van der Waals surface area contributed by atoms with Gasteiger partial charge in [-0.3, -0.25) is 4.79 Å². The zero-order valence-electron chi connectivity index (χ0n) is 12.9. The van der Waals surface area contributed by atoms with E-state index in [0.717, 1.165) is 0 Å². The number of nitrogens with one attached hydrogen (secondary N) is 1. The zero-order valence-corrected chi connectivity index (χ0v) is 12.9. The highest BCUT2D eigenvalue weighted by Crippen LogP contribution is 2.25. The fourth-order valence-electron chi connectivity index (χ4n) is 2.74. The predicted octanol–water partition coefficient (Wildman–Crippen LogP) is -1.18. The fourth-order valence-corrected chi connectivity index (χ4v) is 2.74. The number of benzene rings is 1. The lowest BCUT2D eigenvalue weighted by atomic mass is 9.97. The quantitative estimate of drug-likeness (QED) is 0.339. The van der Waals surface area contributed by atoms with Gasteiger partial charge >= 0.3 is 5.63 Å². The number of fused-ring (bicyclic) bond motifs is 1. The highest BCUT2D eigenvalue weighted by molar-refractivity contribution is 5.86. The largest absolute Gasteiger partial charge is 0.422 e. The van der Waals surface area contributed by atoms with Crippen LogP contribution in [-0.2, 0) is 4.74 Å². The Labute approximate surface area is 141 Å². The van der Waals surface area contributed by atoms with E-state index in [1.165, 1.54) is 12.1 Å². The van der Waals surface area contributed by atoms with Gasteiger partial charge in [-0.25, -0.2) is 4.79 Å². The smallest absolute Gasteiger partial charge is 0.346 e. The molecule has 1 aromatic carbocycles. The van der Waals surface area contributed by atoms with Gasteiger partial charge in [0, 0.05) is 17.1 Å². The van der Waals surface area contributed by atoms with E-state index in [0.29, 0.717) is 17.4 Å². The minimum atomic E-state index is -1.48. The van der Waals surface area contributed by atoms with Gasteiger partial charge in [0.25, 0.3) is 0 Å². The van der Waals surface area contributed by atoms with E-state index < -0.39 is 42.9 Å². The normalized spacial score (nSPS) is 29.5. The van der Waals surface area contributed by atoms with Gasteiger partial charge in [-0.15, -0.1) is 0 Å². The molecule has 1 aliphatic heterocycles. The Kier molecular flexibility index (Phi) is 4.84. The first kappa shape index (κ1) is 17.5. The molecule has 25 heavy (non-hydrogen) atoms. The van der Waals surface area contributed by atoms with Crippen LogP contribution in [0.2, 0.25) is 0 Å². The van der Waals surface area contributed by atoms with Crippen molar-refractivity contribution >= 4 is 22.9 Å². The molecule has 1 saturated heterocycles. The topological polar surface area (TPSA) is 149 Å². The number of anilines is 1. The molecule has 0 bridgehead atoms. The van der Waals surface area contributed by atoms with Crippen LogP contribution < -0.4 is 10.9 Å². The van der Waals surface area contributed by atoms with Crippen LogP contribution in [0.1, 0.15) is 10.4 Å². The van der Waals surface area contributed by atoms with Gasteiger partial charge in [0.05, 0.1) is 6.61 Å². The molecule has 9 nitrogen and oxygen atoms in total. The number of carbonyl (C=O) groups excluding carboxylic acids is 1. The molecule has 0 radical (unpaired) electrons. The van der Waals surface area contributed by atoms with Crippen LogP contribution >= 0.6 is 0 Å². The van der Waals surface area contributed by atoms with Crippen molar-refractivity contribution in [3.05, 3.63) is 40.2 Å². The SMILES string of the molecule is O=Cc1cc2ccc(N[C@@H]3C(O)OC(CO)[C@@H](O)C3O)cc2oc1=O. The molecule has 0 aliphatic carbocycles. The molecule has 2 aromatic rings. The summed E-state index contributed by atoms with van der Waals surface area (Å²) in [7, 11) is 0. The summed E-state index contributed by atoms with van der Waals surface area (Å²) in [6, 6.07) is 4.94. The first-order valence-electron chi connectivity index (χ1n) is 7.54. The van der Waals surface area contributed by atoms with Crippen LogP contribution in [0.3, 0.4) is 0 Å². The lowest BCUT2D eigenvalue weighted by Gasteiger charge is -2.40. The minimum absolute atomic E-state index is 0.0992. The molecule has 3 rings (SSSR count). The van der Waals surface area contributed by atoms with Crippen molar-refractivity contribution in [2.45, 2.75) is 30.6 Å². The molecule has 9 heteroatoms. The van der Waals surface area contributed by atoms with Crippen LogP contribution in [-0.4, -0.2) is 64.0 Å². The molecule has 1 aliphatic rings. The van der Waals surface area contributed by atoms with E-state index in [2.05, 4.69) is 5.32 Å². The first-order valence-corrected chi connectivity index (χ1v) is 7.54. The summed E-state index contributed by atoms with van der Waals surface area (Å²) in [4.78, 5) is 22.4. The van der Waals surface area contributed by atoms with Crippen molar-refractivity contribution in [3.8, 4) is 0 Å². The van der Waals surface area contributed by atoms with E-state index in [9.17, 15) is 24.9 Å². The van der Waals surface area contributed by atoms with Crippen molar-refractivity contribution in [1.29, 1.82) is 0 Å². The maximum absolute atomic E-state index is 11.6. The average Bonchev–Trinajstić information content (AvgIpc) is 2.61. The van der Waals surface area contributed by atoms with Crippen molar-refractivity contribution in [2.24, 2.45) is 0 Å². The molecule has 1 aromatic heterocycles. The summed E-state index contributed by atoms with van der Waals surface area (Å²) in [5, 5.41) is 42.4. The highest BCUT2D eigenvalue weighted by atomic mass is 16.6. The lowest BCUT2D eigenvalue weighted by molar-refractivity contribution is -0.245. The Morgan fingerprint density at radius 3 is 2.60 bits per heavy atom. The van der Waals surface area contributed by atoms with Crippen LogP contribution in [0.4, 0.5) is 5.69 Å². The Bertz CT molecular complexity index is 834. The zero-order chi connectivity index (χ0) is 18.1. The molecule has 5 N–H and O–H groups in total. The van der Waals surface area contributed by atoms with E-state index in [-0.39, 0.29) is 11.1 Å². The molecule has 0 spiro atoms. The highest BCUT2D eigenvalue weighted by Gasteiger charge is 2.43. The number of aliphatic hydroxyl groups excluding tert-OH is 4. The lowest BCUT2D eigenvalue weighted by Crippen LogP contribution is -2.61. The third-order valence-corrected chi connectivity index (χ3v) is 4.12. The van der Waals surface area contributed by atoms with Crippen molar-refractivity contribution < 1.29 is 34.4 Å². The van der Waals surface area contributed by atoms with Crippen molar-refractivity contribution in [1.82, 2.24) is 0 Å². The number of carbonyl (C=O) groups is 1. The Morgan fingerprint density at radius 2 is 1.92 bits per heavy atom. The third kappa shape index (κ3) is 3.28. The summed E-state index contributed by atoms with van der Waals surface area (Å²) in [6.07, 6.45) is -4.96. The molecule has 5 atom stereocenters. The van der Waals surface area contributed by atoms with E-state index >= 15 is 0 Å². The average molecular weight is 351 g/mol. The first-order chi connectivity index (χ1) is 11.9. The van der Waals surface area contributed by atoms with E-state index in [1.807, 2.05) is 0 Å². The summed E-state index contributed by atoms with van der Waals surface area (Å²) in [5.41, 5.74) is -0.286. The summed E-state index contributed by atoms with van der Waals surface area (Å²) in [5.74, 6) is 0. The second-order valence-electron chi connectivity index (χ2n) is 5.76. The van der Waals surface area contributed by atoms with Crippen molar-refractivity contribution in [2.75, 3.05) is 11.9 Å². The second kappa shape index (κ2) is 6.90. The number of aldehydes is 1. The molecule has 1 fully saturated rings. The van der Waals surface area contributed by atoms with Gasteiger partial charge in [0.1, 0.15) is 35.5 Å². The van der Waals surface area contributed by atoms with Gasteiger partial charge in [-0.05, 0) is 18.2 Å². The Morgan fingerprint density at radius 1 is 1.16 bits per heavy atom. The van der Waals surface area contributed by atoms with Crippen LogP contribution in [0, 0.1) is 0 Å². The van der Waals surface area contributed by atoms with Gasteiger partial charge < -0.3 is 34.9 Å². The predicted molar refractivity (Wildman–Crippen MR) is 85.3 cm³/mol. The minimum Gasteiger partial charge on any atom is -0.422 e. The van der Waals surface area contributed by atoms with Crippen LogP contribution in [0.5, 0.6) is 0 Å². The molecule has 0 saturated carbocycles. The summed E-state index contributed by atoms with van der Waals surface area (Å²) in [6.45, 7) is -0.553. The molecule has 3 unspecified atom stereocenters. The molecule has 0 amide bonds. The van der Waals surface area contributed by atoms with E-state index in [4.69, 9.17) is 14.3 Å². The van der Waals surface area contributed by atoms with E-state index in [1.54, 1.807) is 12.1 Å². The standard InChI is InChI=1S/C16H17NO8/c18-5-8-3-7-1-2-9(4-10(7)24-15(8)22)17-12-14(21)13(20)11(6-19)25-16(12)23/h1-5,11-14,16-17,19-21,23H,6H2/t11?,12-,13+,14?,16?/m0/s1. The Balaban J connectivity index is 1.87. The maximum Gasteiger partial charge on any atom is 0.346 e. The Hall–Kier alpha value is -2.30. The second-order valence-corrected chi connectivity index (χ2v) is 5.76. The number of ether oxygens (including phenoxy) is 1. The number of aliphatic hydroxyl groups is 4. The van der Waals surface area contributed by atoms with Gasteiger partial charge in [-0.2, -0.15) is 0 Å². The third-order valence-electron chi connectivity index (χ3n) is 4.12. The molecule has 2 heterocycles. The summed E-state index contributed by atoms with van der Waals surface area (Å²) < 4.78 is 10.1. The number of hydrogen-bond donors (Lipinski definition) is 5. The molecule has 134 valence electrons. The summed E-state index contributed by atoms with van der Waals surface area (Å²) >= 11 is 0. The van der Waals surface area contributed by atoms with Gasteiger partial charge in [-0.1, -0.05) is 0 Å². The maximum atomic E-state index is 11.6. The van der Waals surface area contributed by atoms with Crippen LogP contribution in [0.25, 0.3) is 11.0 Å². The molecular weight excluding hydrogens is 334 g/mol. The van der Waals surface area contributed by atoms with Crippen molar-refractivity contribution in [3.63, 3.8) is 0 Å². The van der Waals surface area contributed by atoms with Gasteiger partial charge in [0.15, 0.2) is 12.6 Å². The number of rotatable bonds is 4. The monoisotopic (exact) mass is 351 g/mol. The van der Waals surface area contributed by atoms with Crippen LogP contribution in [0.15, 0.2) is 33.5 Å². The van der Waals surface area contributed by atoms with Gasteiger partial charge in [0.2, 0.25) is 0 Å². The fraction of sp³-hybridized carbons (Fsp3) is 0.375.